The molecule has 0 aliphatic heterocycles. The van der Waals surface area contributed by atoms with Crippen molar-refractivity contribution < 1.29 is 18.7 Å². The molecule has 0 atom stereocenters. The molecule has 0 saturated carbocycles. The molecule has 2 amide bonds. The van der Waals surface area contributed by atoms with Crippen molar-refractivity contribution in [1.29, 1.82) is 0 Å². The predicted molar refractivity (Wildman–Crippen MR) is 150 cm³/mol. The van der Waals surface area contributed by atoms with Gasteiger partial charge in [0, 0.05) is 36.6 Å². The fourth-order valence-corrected chi connectivity index (χ4v) is 4.47. The van der Waals surface area contributed by atoms with Gasteiger partial charge >= 0.3 is 0 Å². The first kappa shape index (κ1) is 27.6. The second-order valence-electron chi connectivity index (χ2n) is 9.75. The van der Waals surface area contributed by atoms with Crippen molar-refractivity contribution >= 4 is 11.8 Å². The minimum Gasteiger partial charge on any atom is -0.497 e. The molecular formula is C32H34FN3O3. The molecule has 4 rings (SSSR count). The number of nitrogens with zero attached hydrogens (tertiary/aromatic N) is 3. The Labute approximate surface area is 229 Å². The number of ether oxygens (including phenoxy) is 1. The fourth-order valence-electron chi connectivity index (χ4n) is 4.47. The Morgan fingerprint density at radius 1 is 0.872 bits per heavy atom. The molecular weight excluding hydrogens is 493 g/mol. The summed E-state index contributed by atoms with van der Waals surface area (Å²) in [5, 5.41) is 0. The van der Waals surface area contributed by atoms with E-state index in [0.29, 0.717) is 19.6 Å². The molecule has 7 heteroatoms. The monoisotopic (exact) mass is 527 g/mol. The van der Waals surface area contributed by atoms with Crippen molar-refractivity contribution in [3.8, 4) is 5.75 Å². The summed E-state index contributed by atoms with van der Waals surface area (Å²) in [5.41, 5.74) is 3.26. The highest BCUT2D eigenvalue weighted by Gasteiger charge is 2.25. The van der Waals surface area contributed by atoms with E-state index in [9.17, 15) is 14.0 Å². The van der Waals surface area contributed by atoms with Crippen LogP contribution in [-0.4, -0.2) is 45.9 Å². The molecule has 0 N–H and O–H groups in total. The number of methoxy groups -OCH3 is 1. The lowest BCUT2D eigenvalue weighted by Gasteiger charge is -2.30. The molecule has 0 aliphatic carbocycles. The van der Waals surface area contributed by atoms with Crippen LogP contribution in [0.25, 0.3) is 0 Å². The van der Waals surface area contributed by atoms with Gasteiger partial charge in [0.05, 0.1) is 13.7 Å². The van der Waals surface area contributed by atoms with Crippen molar-refractivity contribution in [3.63, 3.8) is 0 Å². The zero-order valence-corrected chi connectivity index (χ0v) is 22.6. The number of hydrogen-bond acceptors (Lipinski definition) is 3. The number of halogens is 1. The molecule has 0 fully saturated rings. The number of amides is 2. The van der Waals surface area contributed by atoms with Crippen LogP contribution in [0.15, 0.2) is 97.2 Å². The van der Waals surface area contributed by atoms with Crippen LogP contribution in [0.5, 0.6) is 5.75 Å². The van der Waals surface area contributed by atoms with Crippen molar-refractivity contribution in [2.75, 3.05) is 13.7 Å². The van der Waals surface area contributed by atoms with Gasteiger partial charge in [-0.3, -0.25) is 9.59 Å². The highest BCUT2D eigenvalue weighted by atomic mass is 19.1. The Hall–Kier alpha value is -4.39. The van der Waals surface area contributed by atoms with Crippen molar-refractivity contribution in [2.45, 2.75) is 39.5 Å². The van der Waals surface area contributed by atoms with E-state index in [0.717, 1.165) is 22.6 Å². The molecule has 3 aromatic carbocycles. The standard InChI is InChI=1S/C32H34FN3O3/c1-24(2)36(32(38)27-13-8-14-28(33)19-27)23-31(37)35(20-25-10-5-4-6-11-25)22-29-15-9-17-34(29)21-26-12-7-16-30(18-26)39-3/h4-19,24H,20-23H2,1-3H3. The molecule has 1 heterocycles. The quantitative estimate of drug-likeness (QED) is 0.249. The largest absolute Gasteiger partial charge is 0.497 e. The lowest BCUT2D eigenvalue weighted by Crippen LogP contribution is -2.45. The summed E-state index contributed by atoms with van der Waals surface area (Å²) < 4.78 is 21.3. The third kappa shape index (κ3) is 7.35. The Bertz CT molecular complexity index is 1400. The van der Waals surface area contributed by atoms with Crippen molar-refractivity contribution in [1.82, 2.24) is 14.4 Å². The Kier molecular flexibility index (Phi) is 9.15. The number of hydrogen-bond donors (Lipinski definition) is 0. The molecule has 39 heavy (non-hydrogen) atoms. The minimum atomic E-state index is -0.488. The van der Waals surface area contributed by atoms with E-state index in [2.05, 4.69) is 4.57 Å². The smallest absolute Gasteiger partial charge is 0.254 e. The molecule has 6 nitrogen and oxygen atoms in total. The molecule has 1 aromatic heterocycles. The molecule has 0 saturated heterocycles. The number of aromatic nitrogens is 1. The van der Waals surface area contributed by atoms with E-state index in [-0.39, 0.29) is 30.0 Å². The third-order valence-electron chi connectivity index (χ3n) is 6.59. The summed E-state index contributed by atoms with van der Waals surface area (Å²) in [5.74, 6) is -0.262. The first-order chi connectivity index (χ1) is 18.8. The predicted octanol–water partition coefficient (Wildman–Crippen LogP) is 5.76. The highest BCUT2D eigenvalue weighted by Crippen LogP contribution is 2.18. The highest BCUT2D eigenvalue weighted by molar-refractivity contribution is 5.96. The van der Waals surface area contributed by atoms with E-state index in [4.69, 9.17) is 4.74 Å². The lowest BCUT2D eigenvalue weighted by molar-refractivity contribution is -0.133. The molecule has 0 unspecified atom stereocenters. The molecule has 0 aliphatic rings. The Balaban J connectivity index is 1.57. The van der Waals surface area contributed by atoms with Gasteiger partial charge < -0.3 is 19.1 Å². The topological polar surface area (TPSA) is 54.8 Å². The molecule has 202 valence electrons. The average Bonchev–Trinajstić information content (AvgIpc) is 3.37. The molecule has 0 spiro atoms. The lowest BCUT2D eigenvalue weighted by atomic mass is 10.1. The van der Waals surface area contributed by atoms with Crippen LogP contribution in [0, 0.1) is 5.82 Å². The fraction of sp³-hybridized carbons (Fsp3) is 0.250. The number of rotatable bonds is 11. The van der Waals surface area contributed by atoms with E-state index in [1.165, 1.54) is 23.1 Å². The Morgan fingerprint density at radius 2 is 1.62 bits per heavy atom. The van der Waals surface area contributed by atoms with Gasteiger partial charge in [0.2, 0.25) is 5.91 Å². The molecule has 4 aromatic rings. The van der Waals surface area contributed by atoms with Gasteiger partial charge in [0.25, 0.3) is 5.91 Å². The average molecular weight is 528 g/mol. The maximum Gasteiger partial charge on any atom is 0.254 e. The first-order valence-corrected chi connectivity index (χ1v) is 13.0. The number of benzene rings is 3. The molecule has 0 bridgehead atoms. The van der Waals surface area contributed by atoms with Gasteiger partial charge in [0.15, 0.2) is 0 Å². The van der Waals surface area contributed by atoms with Crippen LogP contribution >= 0.6 is 0 Å². The summed E-state index contributed by atoms with van der Waals surface area (Å²) in [6, 6.07) is 27.0. The van der Waals surface area contributed by atoms with E-state index >= 15 is 0 Å². The van der Waals surface area contributed by atoms with E-state index < -0.39 is 5.82 Å². The summed E-state index contributed by atoms with van der Waals surface area (Å²) in [6.45, 7) is 4.98. The summed E-state index contributed by atoms with van der Waals surface area (Å²) >= 11 is 0. The van der Waals surface area contributed by atoms with Crippen LogP contribution < -0.4 is 4.74 Å². The van der Waals surface area contributed by atoms with Gasteiger partial charge in [-0.2, -0.15) is 0 Å². The van der Waals surface area contributed by atoms with Crippen LogP contribution in [0.1, 0.15) is 41.0 Å². The normalized spacial score (nSPS) is 10.9. The summed E-state index contributed by atoms with van der Waals surface area (Å²) in [6.07, 6.45) is 1.99. The van der Waals surface area contributed by atoms with Gasteiger partial charge in [-0.15, -0.1) is 0 Å². The SMILES string of the molecule is COc1cccc(Cn2cccc2CN(Cc2ccccc2)C(=O)CN(C(=O)c2cccc(F)c2)C(C)C)c1. The van der Waals surface area contributed by atoms with Gasteiger partial charge in [-0.05, 0) is 67.4 Å². The van der Waals surface area contributed by atoms with Gasteiger partial charge in [0.1, 0.15) is 18.1 Å². The second kappa shape index (κ2) is 12.9. The maximum absolute atomic E-state index is 13.8. The van der Waals surface area contributed by atoms with Crippen LogP contribution in [0.4, 0.5) is 4.39 Å². The number of carbonyl (C=O) groups excluding carboxylic acids is 2. The zero-order chi connectivity index (χ0) is 27.8. The zero-order valence-electron chi connectivity index (χ0n) is 22.6. The van der Waals surface area contributed by atoms with Crippen molar-refractivity contribution in [2.24, 2.45) is 0 Å². The first-order valence-electron chi connectivity index (χ1n) is 13.0. The van der Waals surface area contributed by atoms with Crippen molar-refractivity contribution in [3.05, 3.63) is 125 Å². The minimum absolute atomic E-state index is 0.115. The van der Waals surface area contributed by atoms with Crippen LogP contribution in [-0.2, 0) is 24.4 Å². The van der Waals surface area contributed by atoms with E-state index in [1.54, 1.807) is 18.1 Å². The van der Waals surface area contributed by atoms with Crippen LogP contribution in [0.3, 0.4) is 0 Å². The summed E-state index contributed by atoms with van der Waals surface area (Å²) in [7, 11) is 1.65. The maximum atomic E-state index is 13.8. The third-order valence-corrected chi connectivity index (χ3v) is 6.59. The molecule has 0 radical (unpaired) electrons. The van der Waals surface area contributed by atoms with Gasteiger partial charge in [-0.25, -0.2) is 4.39 Å². The van der Waals surface area contributed by atoms with E-state index in [1.807, 2.05) is 86.8 Å². The Morgan fingerprint density at radius 3 is 2.33 bits per heavy atom. The van der Waals surface area contributed by atoms with Gasteiger partial charge in [-0.1, -0.05) is 48.5 Å². The summed E-state index contributed by atoms with van der Waals surface area (Å²) in [4.78, 5) is 30.3. The second-order valence-corrected chi connectivity index (χ2v) is 9.75. The number of carbonyl (C=O) groups is 2. The van der Waals surface area contributed by atoms with Crippen LogP contribution in [0.2, 0.25) is 0 Å².